The van der Waals surface area contributed by atoms with Crippen LogP contribution in [-0.4, -0.2) is 43.4 Å². The highest BCUT2D eigenvalue weighted by atomic mass is 35.5. The first-order chi connectivity index (χ1) is 17.5. The third-order valence-corrected chi connectivity index (χ3v) is 6.76. The number of piperidine rings is 1. The number of rotatable bonds is 5. The van der Waals surface area contributed by atoms with Crippen LogP contribution >= 0.6 is 11.6 Å². The largest absolute Gasteiger partial charge is 0.420 e. The van der Waals surface area contributed by atoms with E-state index in [1.807, 2.05) is 29.2 Å². The Bertz CT molecular complexity index is 1530. The zero-order valence-corrected chi connectivity index (χ0v) is 19.8. The molecule has 1 aliphatic rings. The minimum atomic E-state index is -0.528. The topological polar surface area (TPSA) is 83.7 Å². The van der Waals surface area contributed by atoms with Crippen LogP contribution in [0.3, 0.4) is 0 Å². The van der Waals surface area contributed by atoms with Gasteiger partial charge in [-0.1, -0.05) is 17.7 Å². The van der Waals surface area contributed by atoms with Gasteiger partial charge in [0.15, 0.2) is 0 Å². The minimum Gasteiger partial charge on any atom is -0.420 e. The average Bonchev–Trinajstić information content (AvgIpc) is 3.54. The van der Waals surface area contributed by atoms with Crippen molar-refractivity contribution in [3.63, 3.8) is 0 Å². The molecule has 0 spiro atoms. The normalized spacial score (nSPS) is 16.6. The zero-order chi connectivity index (χ0) is 24.6. The van der Waals surface area contributed by atoms with Crippen LogP contribution in [0.25, 0.3) is 33.6 Å². The number of fused-ring (bicyclic) bond motifs is 1. The second-order valence-corrected chi connectivity index (χ2v) is 9.31. The zero-order valence-electron chi connectivity index (χ0n) is 19.1. The summed E-state index contributed by atoms with van der Waals surface area (Å²) in [6.45, 7) is 1.54. The molecule has 0 bridgehead atoms. The smallest absolute Gasteiger partial charge is 0.247 e. The standard InChI is InChI=1S/C26H21ClF2N6O/c27-23-12-15(8-9-30-23)24-18-11-16(6-7-22(18)31-32-24)25-33-34-26(36-25)17-3-2-10-35(13-17)14-19-20(28)4-1-5-21(19)29/h1,4-9,11-12,17H,2-3,10,13-14H2,(H,31,32)/t17-/m1/s1. The van der Waals surface area contributed by atoms with Crippen molar-refractivity contribution >= 4 is 22.5 Å². The summed E-state index contributed by atoms with van der Waals surface area (Å²) in [5.41, 5.74) is 3.32. The van der Waals surface area contributed by atoms with E-state index < -0.39 is 11.6 Å². The van der Waals surface area contributed by atoms with Crippen molar-refractivity contribution < 1.29 is 13.2 Å². The highest BCUT2D eigenvalue weighted by Gasteiger charge is 2.27. The van der Waals surface area contributed by atoms with Crippen LogP contribution in [0.2, 0.25) is 5.15 Å². The Balaban J connectivity index is 1.24. The predicted octanol–water partition coefficient (Wildman–Crippen LogP) is 5.99. The van der Waals surface area contributed by atoms with E-state index in [9.17, 15) is 8.78 Å². The number of H-pyrrole nitrogens is 1. The summed E-state index contributed by atoms with van der Waals surface area (Å²) in [5, 5.41) is 17.4. The Hall–Kier alpha value is -3.69. The van der Waals surface area contributed by atoms with Crippen LogP contribution in [0.4, 0.5) is 8.78 Å². The first-order valence-electron chi connectivity index (χ1n) is 11.6. The molecule has 4 heterocycles. The lowest BCUT2D eigenvalue weighted by molar-refractivity contribution is 0.182. The second-order valence-electron chi connectivity index (χ2n) is 8.92. The number of nitrogens with zero attached hydrogens (tertiary/aromatic N) is 5. The first-order valence-corrected chi connectivity index (χ1v) is 12.0. The van der Waals surface area contributed by atoms with Gasteiger partial charge in [0.05, 0.1) is 11.4 Å². The van der Waals surface area contributed by atoms with E-state index in [2.05, 4.69) is 25.4 Å². The Labute approximate surface area is 210 Å². The van der Waals surface area contributed by atoms with Gasteiger partial charge in [-0.15, -0.1) is 10.2 Å². The summed E-state index contributed by atoms with van der Waals surface area (Å²) < 4.78 is 34.4. The Morgan fingerprint density at radius 1 is 1.06 bits per heavy atom. The van der Waals surface area contributed by atoms with Gasteiger partial charge in [0, 0.05) is 41.4 Å². The summed E-state index contributed by atoms with van der Waals surface area (Å²) in [6, 6.07) is 13.3. The maximum atomic E-state index is 14.1. The van der Waals surface area contributed by atoms with E-state index in [0.717, 1.165) is 47.1 Å². The molecule has 1 saturated heterocycles. The molecule has 2 aromatic carbocycles. The number of hydrogen-bond donors (Lipinski definition) is 1. The molecule has 0 unspecified atom stereocenters. The maximum absolute atomic E-state index is 14.1. The van der Waals surface area contributed by atoms with Crippen LogP contribution < -0.4 is 0 Å². The molecule has 1 aliphatic heterocycles. The lowest BCUT2D eigenvalue weighted by atomic mass is 9.97. The summed E-state index contributed by atoms with van der Waals surface area (Å²) in [4.78, 5) is 6.06. The van der Waals surface area contributed by atoms with E-state index in [-0.39, 0.29) is 18.0 Å². The number of aromatic nitrogens is 5. The maximum Gasteiger partial charge on any atom is 0.247 e. The molecule has 0 radical (unpaired) electrons. The summed E-state index contributed by atoms with van der Waals surface area (Å²) in [5.74, 6) is -0.135. The molecule has 0 saturated carbocycles. The molecular weight excluding hydrogens is 486 g/mol. The van der Waals surface area contributed by atoms with Gasteiger partial charge in [0.2, 0.25) is 11.8 Å². The second kappa shape index (κ2) is 9.40. The molecule has 182 valence electrons. The van der Waals surface area contributed by atoms with E-state index in [4.69, 9.17) is 16.0 Å². The van der Waals surface area contributed by atoms with Crippen molar-refractivity contribution in [2.24, 2.45) is 0 Å². The molecule has 7 nitrogen and oxygen atoms in total. The number of halogens is 3. The quantitative estimate of drug-likeness (QED) is 0.295. The van der Waals surface area contributed by atoms with Gasteiger partial charge in [-0.2, -0.15) is 5.10 Å². The van der Waals surface area contributed by atoms with Gasteiger partial charge in [0.25, 0.3) is 0 Å². The van der Waals surface area contributed by atoms with Crippen molar-refractivity contribution in [3.05, 3.63) is 83.0 Å². The van der Waals surface area contributed by atoms with Crippen LogP contribution in [0.5, 0.6) is 0 Å². The van der Waals surface area contributed by atoms with Crippen LogP contribution in [0.1, 0.15) is 30.2 Å². The van der Waals surface area contributed by atoms with Crippen LogP contribution in [0.15, 0.2) is 59.1 Å². The Morgan fingerprint density at radius 3 is 2.75 bits per heavy atom. The number of pyridine rings is 1. The summed E-state index contributed by atoms with van der Waals surface area (Å²) in [7, 11) is 0. The predicted molar refractivity (Wildman–Crippen MR) is 131 cm³/mol. The molecule has 0 amide bonds. The third-order valence-electron chi connectivity index (χ3n) is 6.55. The van der Waals surface area contributed by atoms with Gasteiger partial charge >= 0.3 is 0 Å². The van der Waals surface area contributed by atoms with Gasteiger partial charge in [-0.3, -0.25) is 10.00 Å². The number of benzene rings is 2. The van der Waals surface area contributed by atoms with Crippen molar-refractivity contribution in [2.45, 2.75) is 25.3 Å². The van der Waals surface area contributed by atoms with Crippen molar-refractivity contribution in [1.82, 2.24) is 30.3 Å². The van der Waals surface area contributed by atoms with Gasteiger partial charge in [-0.05, 0) is 61.9 Å². The fraction of sp³-hybridized carbons (Fsp3) is 0.231. The highest BCUT2D eigenvalue weighted by Crippen LogP contribution is 2.33. The monoisotopic (exact) mass is 506 g/mol. The summed E-state index contributed by atoms with van der Waals surface area (Å²) >= 11 is 6.06. The molecular formula is C26H21ClF2N6O. The van der Waals surface area contributed by atoms with Gasteiger partial charge in [0.1, 0.15) is 22.5 Å². The molecule has 1 fully saturated rings. The fourth-order valence-corrected chi connectivity index (χ4v) is 4.91. The Morgan fingerprint density at radius 2 is 1.92 bits per heavy atom. The van der Waals surface area contributed by atoms with E-state index in [1.54, 1.807) is 12.3 Å². The molecule has 1 N–H and O–H groups in total. The fourth-order valence-electron chi connectivity index (χ4n) is 4.74. The van der Waals surface area contributed by atoms with E-state index in [0.29, 0.717) is 23.5 Å². The lowest BCUT2D eigenvalue weighted by Crippen LogP contribution is -2.34. The average molecular weight is 507 g/mol. The van der Waals surface area contributed by atoms with Gasteiger partial charge < -0.3 is 4.42 Å². The molecule has 6 rings (SSSR count). The summed E-state index contributed by atoms with van der Waals surface area (Å²) in [6.07, 6.45) is 3.38. The SMILES string of the molecule is Fc1cccc(F)c1CN1CCC[C@@H](c2nnc(-c3ccc4[nH]nc(-c5ccnc(Cl)c5)c4c3)o2)C1. The highest BCUT2D eigenvalue weighted by molar-refractivity contribution is 6.29. The molecule has 1 atom stereocenters. The van der Waals surface area contributed by atoms with E-state index >= 15 is 0 Å². The number of nitrogens with one attached hydrogen (secondary N) is 1. The Kier molecular flexibility index (Phi) is 5.94. The first kappa shape index (κ1) is 22.8. The molecule has 36 heavy (non-hydrogen) atoms. The number of hydrogen-bond acceptors (Lipinski definition) is 6. The van der Waals surface area contributed by atoms with Gasteiger partial charge in [-0.25, -0.2) is 13.8 Å². The van der Waals surface area contributed by atoms with Crippen molar-refractivity contribution in [2.75, 3.05) is 13.1 Å². The van der Waals surface area contributed by atoms with Crippen LogP contribution in [-0.2, 0) is 6.54 Å². The molecule has 5 aromatic rings. The van der Waals surface area contributed by atoms with Crippen molar-refractivity contribution in [3.8, 4) is 22.7 Å². The van der Waals surface area contributed by atoms with Crippen molar-refractivity contribution in [1.29, 1.82) is 0 Å². The van der Waals surface area contributed by atoms with E-state index in [1.165, 1.54) is 18.2 Å². The molecule has 10 heteroatoms. The number of aromatic amines is 1. The molecule has 3 aromatic heterocycles. The third kappa shape index (κ3) is 4.36. The number of likely N-dealkylation sites (tertiary alicyclic amines) is 1. The minimum absolute atomic E-state index is 0.0120. The lowest BCUT2D eigenvalue weighted by Gasteiger charge is -2.31. The molecule has 0 aliphatic carbocycles. The van der Waals surface area contributed by atoms with Crippen LogP contribution in [0, 0.1) is 11.6 Å².